The fraction of sp³-hybridized carbons (Fsp3) is 0.692. The number of nitrogens with two attached hydrogens (primary N) is 1. The van der Waals surface area contributed by atoms with Crippen LogP contribution in [0.2, 0.25) is 0 Å². The third-order valence-electron chi connectivity index (χ3n) is 3.37. The highest BCUT2D eigenvalue weighted by atomic mass is 16.5. The Labute approximate surface area is 108 Å². The molecule has 0 radical (unpaired) electrons. The van der Waals surface area contributed by atoms with Gasteiger partial charge in [0.2, 0.25) is 5.88 Å². The molecule has 5 nitrogen and oxygen atoms in total. The van der Waals surface area contributed by atoms with Gasteiger partial charge in [0.05, 0.1) is 6.61 Å². The molecule has 1 aliphatic carbocycles. The number of nitrogens with one attached hydrogen (secondary N) is 1. The summed E-state index contributed by atoms with van der Waals surface area (Å²) in [6.07, 6.45) is 6.13. The molecule has 5 heteroatoms. The summed E-state index contributed by atoms with van der Waals surface area (Å²) < 4.78 is 5.48. The maximum absolute atomic E-state index is 5.63. The summed E-state index contributed by atoms with van der Waals surface area (Å²) in [4.78, 5) is 8.28. The van der Waals surface area contributed by atoms with E-state index < -0.39 is 0 Å². The highest BCUT2D eigenvalue weighted by Gasteiger charge is 2.41. The molecule has 0 bridgehead atoms. The lowest BCUT2D eigenvalue weighted by Gasteiger charge is -2.15. The molecule has 1 aromatic rings. The molecule has 1 fully saturated rings. The number of aromatic nitrogens is 2. The maximum atomic E-state index is 5.63. The largest absolute Gasteiger partial charge is 0.478 e. The fourth-order valence-corrected chi connectivity index (χ4v) is 2.00. The van der Waals surface area contributed by atoms with E-state index in [2.05, 4.69) is 22.2 Å². The molecule has 1 aromatic heterocycles. The topological polar surface area (TPSA) is 73.1 Å². The van der Waals surface area contributed by atoms with Crippen LogP contribution in [0.3, 0.4) is 0 Å². The molecular formula is C13H22N4O. The second-order valence-corrected chi connectivity index (χ2v) is 4.98. The molecule has 1 saturated carbocycles. The molecule has 0 unspecified atom stereocenters. The lowest BCUT2D eigenvalue weighted by atomic mass is 10.0. The Hall–Kier alpha value is -1.36. The average molecular weight is 250 g/mol. The van der Waals surface area contributed by atoms with Gasteiger partial charge < -0.3 is 15.8 Å². The number of ether oxygens (including phenoxy) is 1. The number of nitrogens with zero attached hydrogens (tertiary/aromatic N) is 2. The maximum Gasteiger partial charge on any atom is 0.218 e. The normalized spacial score (nSPS) is 16.3. The van der Waals surface area contributed by atoms with Crippen molar-refractivity contribution in [3.05, 3.63) is 12.4 Å². The summed E-state index contributed by atoms with van der Waals surface area (Å²) in [6.45, 7) is 4.46. The van der Waals surface area contributed by atoms with E-state index in [9.17, 15) is 0 Å². The van der Waals surface area contributed by atoms with Crippen molar-refractivity contribution in [3.63, 3.8) is 0 Å². The summed E-state index contributed by atoms with van der Waals surface area (Å²) in [7, 11) is 0. The zero-order valence-electron chi connectivity index (χ0n) is 11.0. The van der Waals surface area contributed by atoms with Gasteiger partial charge in [0.15, 0.2) is 0 Å². The number of rotatable bonds is 8. The quantitative estimate of drug-likeness (QED) is 0.736. The molecule has 100 valence electrons. The van der Waals surface area contributed by atoms with E-state index in [1.165, 1.54) is 19.2 Å². The summed E-state index contributed by atoms with van der Waals surface area (Å²) in [5, 5.41) is 3.36. The van der Waals surface area contributed by atoms with Crippen LogP contribution in [-0.2, 0) is 0 Å². The van der Waals surface area contributed by atoms with Gasteiger partial charge in [-0.2, -0.15) is 0 Å². The van der Waals surface area contributed by atoms with Crippen molar-refractivity contribution in [1.82, 2.24) is 9.97 Å². The van der Waals surface area contributed by atoms with Gasteiger partial charge >= 0.3 is 0 Å². The van der Waals surface area contributed by atoms with Crippen LogP contribution in [0.15, 0.2) is 12.4 Å². The Kier molecular flexibility index (Phi) is 4.36. The summed E-state index contributed by atoms with van der Waals surface area (Å²) in [5.41, 5.74) is 6.04. The van der Waals surface area contributed by atoms with Crippen molar-refractivity contribution in [2.24, 2.45) is 11.1 Å². The van der Waals surface area contributed by atoms with Crippen LogP contribution in [0.4, 0.5) is 5.82 Å². The van der Waals surface area contributed by atoms with Gasteiger partial charge in [0.1, 0.15) is 12.1 Å². The highest BCUT2D eigenvalue weighted by Crippen LogP contribution is 2.48. The molecule has 1 aliphatic rings. The van der Waals surface area contributed by atoms with E-state index in [-0.39, 0.29) is 0 Å². The first-order valence-corrected chi connectivity index (χ1v) is 6.67. The predicted octanol–water partition coefficient (Wildman–Crippen LogP) is 1.81. The van der Waals surface area contributed by atoms with Crippen LogP contribution >= 0.6 is 0 Å². The van der Waals surface area contributed by atoms with Gasteiger partial charge in [-0.3, -0.25) is 0 Å². The third kappa shape index (κ3) is 3.57. The van der Waals surface area contributed by atoms with E-state index in [1.54, 1.807) is 0 Å². The zero-order valence-corrected chi connectivity index (χ0v) is 11.0. The van der Waals surface area contributed by atoms with Crippen LogP contribution in [0.1, 0.15) is 32.6 Å². The van der Waals surface area contributed by atoms with E-state index >= 15 is 0 Å². The summed E-state index contributed by atoms with van der Waals surface area (Å²) in [6, 6.07) is 1.86. The standard InChI is InChI=1S/C13H22N4O/c1-2-7-18-12-8-11(16-10-17-12)15-9-13(3-4-13)5-6-14/h8,10H,2-7,9,14H2,1H3,(H,15,16,17). The smallest absolute Gasteiger partial charge is 0.218 e. The molecule has 0 aromatic carbocycles. The second-order valence-electron chi connectivity index (χ2n) is 4.98. The van der Waals surface area contributed by atoms with Crippen molar-refractivity contribution in [1.29, 1.82) is 0 Å². The lowest BCUT2D eigenvalue weighted by molar-refractivity contribution is 0.305. The van der Waals surface area contributed by atoms with Gasteiger partial charge in [0, 0.05) is 12.6 Å². The molecule has 3 N–H and O–H groups in total. The number of anilines is 1. The molecule has 1 heterocycles. The lowest BCUT2D eigenvalue weighted by Crippen LogP contribution is -2.19. The minimum Gasteiger partial charge on any atom is -0.478 e. The zero-order chi connectivity index (χ0) is 12.8. The van der Waals surface area contributed by atoms with Gasteiger partial charge in [0.25, 0.3) is 0 Å². The Balaban J connectivity index is 1.85. The Morgan fingerprint density at radius 3 is 2.94 bits per heavy atom. The number of hydrogen-bond donors (Lipinski definition) is 2. The van der Waals surface area contributed by atoms with E-state index in [4.69, 9.17) is 10.5 Å². The second kappa shape index (κ2) is 6.00. The number of hydrogen-bond acceptors (Lipinski definition) is 5. The van der Waals surface area contributed by atoms with Crippen LogP contribution < -0.4 is 15.8 Å². The fourth-order valence-electron chi connectivity index (χ4n) is 2.00. The van der Waals surface area contributed by atoms with Crippen LogP contribution in [0.25, 0.3) is 0 Å². The minimum atomic E-state index is 0.407. The molecule has 2 rings (SSSR count). The van der Waals surface area contributed by atoms with Crippen molar-refractivity contribution in [3.8, 4) is 5.88 Å². The van der Waals surface area contributed by atoms with Crippen LogP contribution in [0, 0.1) is 5.41 Å². The Morgan fingerprint density at radius 1 is 1.44 bits per heavy atom. The molecule has 0 spiro atoms. The van der Waals surface area contributed by atoms with Gasteiger partial charge in [-0.15, -0.1) is 0 Å². The first-order chi connectivity index (χ1) is 8.78. The van der Waals surface area contributed by atoms with E-state index in [1.807, 2.05) is 6.07 Å². The first kappa shape index (κ1) is 13.1. The molecular weight excluding hydrogens is 228 g/mol. The molecule has 18 heavy (non-hydrogen) atoms. The molecule has 0 amide bonds. The Morgan fingerprint density at radius 2 is 2.28 bits per heavy atom. The molecule has 0 atom stereocenters. The van der Waals surface area contributed by atoms with Gasteiger partial charge in [-0.05, 0) is 37.6 Å². The van der Waals surface area contributed by atoms with Crippen LogP contribution in [0.5, 0.6) is 5.88 Å². The van der Waals surface area contributed by atoms with Crippen molar-refractivity contribution in [2.45, 2.75) is 32.6 Å². The van der Waals surface area contributed by atoms with Crippen LogP contribution in [-0.4, -0.2) is 29.7 Å². The third-order valence-corrected chi connectivity index (χ3v) is 3.37. The Bertz CT molecular complexity index is 379. The van der Waals surface area contributed by atoms with Crippen molar-refractivity contribution < 1.29 is 4.74 Å². The van der Waals surface area contributed by atoms with Gasteiger partial charge in [-0.1, -0.05) is 6.92 Å². The predicted molar refractivity (Wildman–Crippen MR) is 71.6 cm³/mol. The monoisotopic (exact) mass is 250 g/mol. The molecule has 0 saturated heterocycles. The highest BCUT2D eigenvalue weighted by molar-refractivity contribution is 5.37. The van der Waals surface area contributed by atoms with Crippen molar-refractivity contribution >= 4 is 5.82 Å². The minimum absolute atomic E-state index is 0.407. The average Bonchev–Trinajstić information content (AvgIpc) is 3.15. The van der Waals surface area contributed by atoms with E-state index in [0.717, 1.165) is 31.7 Å². The van der Waals surface area contributed by atoms with Crippen molar-refractivity contribution in [2.75, 3.05) is 25.0 Å². The summed E-state index contributed by atoms with van der Waals surface area (Å²) >= 11 is 0. The first-order valence-electron chi connectivity index (χ1n) is 6.67. The molecule has 0 aliphatic heterocycles. The SMILES string of the molecule is CCCOc1cc(NCC2(CCN)CC2)ncn1. The van der Waals surface area contributed by atoms with E-state index in [0.29, 0.717) is 17.9 Å². The van der Waals surface area contributed by atoms with Gasteiger partial charge in [-0.25, -0.2) is 9.97 Å². The summed E-state index contributed by atoms with van der Waals surface area (Å²) in [5.74, 6) is 1.47.